The first kappa shape index (κ1) is 24.4. The van der Waals surface area contributed by atoms with Gasteiger partial charge in [0.25, 0.3) is 11.1 Å². The van der Waals surface area contributed by atoms with Crippen LogP contribution in [0.4, 0.5) is 0 Å². The van der Waals surface area contributed by atoms with Gasteiger partial charge in [-0.15, -0.1) is 0 Å². The third-order valence-corrected chi connectivity index (χ3v) is 6.71. The lowest BCUT2D eigenvalue weighted by atomic mass is 10.1. The van der Waals surface area contributed by atoms with Crippen LogP contribution in [0.15, 0.2) is 67.7 Å². The summed E-state index contributed by atoms with van der Waals surface area (Å²) >= 11 is 4.67. The van der Waals surface area contributed by atoms with E-state index in [1.807, 2.05) is 36.4 Å². The molecule has 4 rings (SSSR count). The van der Waals surface area contributed by atoms with Crippen LogP contribution in [0.25, 0.3) is 16.9 Å². The zero-order valence-electron chi connectivity index (χ0n) is 19.0. The minimum Gasteiger partial charge on any atom is -0.493 e. The maximum atomic E-state index is 12.8. The summed E-state index contributed by atoms with van der Waals surface area (Å²) in [4.78, 5) is 32.1. The third kappa shape index (κ3) is 4.62. The molecule has 0 amide bonds. The molecule has 0 aliphatic carbocycles. The van der Waals surface area contributed by atoms with E-state index in [9.17, 15) is 14.9 Å². The minimum absolute atomic E-state index is 0.0836. The number of nitrogens with one attached hydrogen (secondary N) is 1. The van der Waals surface area contributed by atoms with E-state index >= 15 is 0 Å². The van der Waals surface area contributed by atoms with Crippen LogP contribution < -0.4 is 20.6 Å². The molecule has 0 aliphatic rings. The molecule has 4 aromatic rings. The van der Waals surface area contributed by atoms with Crippen LogP contribution in [0.5, 0.6) is 11.5 Å². The Bertz CT molecular complexity index is 1550. The number of nitrogens with zero attached hydrogens (tertiary/aromatic N) is 4. The average Bonchev–Trinajstić information content (AvgIpc) is 3.09. The van der Waals surface area contributed by atoms with Gasteiger partial charge in [-0.25, -0.2) is 9.67 Å². The molecule has 0 saturated carbocycles. The van der Waals surface area contributed by atoms with Crippen molar-refractivity contribution in [2.24, 2.45) is 7.05 Å². The molecule has 0 radical (unpaired) electrons. The number of thioether (sulfide) groups is 1. The number of aromatic nitrogens is 4. The second kappa shape index (κ2) is 10.2. The largest absolute Gasteiger partial charge is 0.493 e. The molecule has 178 valence electrons. The monoisotopic (exact) mass is 553 g/mol. The molecular formula is C24H20BrN5O4S. The lowest BCUT2D eigenvalue weighted by molar-refractivity contribution is 0.274. The lowest BCUT2D eigenvalue weighted by Gasteiger charge is -2.14. The minimum atomic E-state index is -0.505. The molecule has 2 aromatic carbocycles. The van der Waals surface area contributed by atoms with E-state index in [4.69, 9.17) is 9.47 Å². The molecule has 0 aliphatic heterocycles. The Labute approximate surface area is 213 Å². The van der Waals surface area contributed by atoms with E-state index < -0.39 is 5.56 Å². The van der Waals surface area contributed by atoms with Gasteiger partial charge in [0.15, 0.2) is 16.7 Å². The van der Waals surface area contributed by atoms with Gasteiger partial charge in [0.2, 0.25) is 0 Å². The Kier molecular flexibility index (Phi) is 7.14. The first-order valence-corrected chi connectivity index (χ1v) is 12.3. The number of aromatic amines is 1. The summed E-state index contributed by atoms with van der Waals surface area (Å²) in [6.45, 7) is 0.0885. The van der Waals surface area contributed by atoms with Crippen molar-refractivity contribution in [3.63, 3.8) is 0 Å². The maximum Gasteiger partial charge on any atom is 0.286 e. The van der Waals surface area contributed by atoms with Crippen LogP contribution >= 0.6 is 27.7 Å². The molecular weight excluding hydrogens is 534 g/mol. The van der Waals surface area contributed by atoms with Crippen molar-refractivity contribution >= 4 is 27.7 Å². The highest BCUT2D eigenvalue weighted by Crippen LogP contribution is 2.33. The number of halogens is 1. The van der Waals surface area contributed by atoms with Gasteiger partial charge >= 0.3 is 0 Å². The SMILES string of the molecule is COc1cc(-c2nc(SC)[nH]c(=O)c2C#N)ccc1OCc1c(Br)c(=O)n(-c2ccccc2)n1C. The first-order valence-electron chi connectivity index (χ1n) is 10.3. The van der Waals surface area contributed by atoms with Crippen LogP contribution in [-0.2, 0) is 13.7 Å². The molecule has 9 nitrogen and oxygen atoms in total. The fourth-order valence-electron chi connectivity index (χ4n) is 3.57. The summed E-state index contributed by atoms with van der Waals surface area (Å²) in [6.07, 6.45) is 1.78. The third-order valence-electron chi connectivity index (χ3n) is 5.33. The van der Waals surface area contributed by atoms with E-state index in [-0.39, 0.29) is 23.4 Å². The summed E-state index contributed by atoms with van der Waals surface area (Å²) in [7, 11) is 3.27. The molecule has 0 saturated heterocycles. The molecule has 11 heteroatoms. The van der Waals surface area contributed by atoms with Crippen LogP contribution in [-0.4, -0.2) is 32.7 Å². The van der Waals surface area contributed by atoms with Gasteiger partial charge in [-0.05, 0) is 52.5 Å². The van der Waals surface area contributed by atoms with Crippen LogP contribution in [0.3, 0.4) is 0 Å². The number of ether oxygens (including phenoxy) is 2. The normalized spacial score (nSPS) is 10.7. The zero-order chi connectivity index (χ0) is 25.1. The van der Waals surface area contributed by atoms with Crippen molar-refractivity contribution in [2.75, 3.05) is 13.4 Å². The summed E-state index contributed by atoms with van der Waals surface area (Å²) < 4.78 is 15.2. The van der Waals surface area contributed by atoms with Crippen LogP contribution in [0.2, 0.25) is 0 Å². The fourth-order valence-corrected chi connectivity index (χ4v) is 4.49. The Morgan fingerprint density at radius 3 is 2.57 bits per heavy atom. The highest BCUT2D eigenvalue weighted by atomic mass is 79.9. The van der Waals surface area contributed by atoms with Crippen molar-refractivity contribution in [1.29, 1.82) is 5.26 Å². The number of hydrogen-bond donors (Lipinski definition) is 1. The summed E-state index contributed by atoms with van der Waals surface area (Å²) in [6, 6.07) is 16.3. The summed E-state index contributed by atoms with van der Waals surface area (Å²) in [5.74, 6) is 0.819. The van der Waals surface area contributed by atoms with E-state index in [0.717, 1.165) is 5.69 Å². The van der Waals surface area contributed by atoms with Crippen molar-refractivity contribution in [1.82, 2.24) is 19.3 Å². The predicted octanol–water partition coefficient (Wildman–Crippen LogP) is 3.87. The van der Waals surface area contributed by atoms with Gasteiger partial charge in [0, 0.05) is 12.6 Å². The summed E-state index contributed by atoms with van der Waals surface area (Å²) in [5.41, 5.74) is 1.38. The molecule has 0 unspecified atom stereocenters. The van der Waals surface area contributed by atoms with E-state index in [0.29, 0.717) is 32.4 Å². The van der Waals surface area contributed by atoms with Gasteiger partial charge in [-0.2, -0.15) is 5.26 Å². The summed E-state index contributed by atoms with van der Waals surface area (Å²) in [5, 5.41) is 9.87. The molecule has 35 heavy (non-hydrogen) atoms. The second-order valence-corrected chi connectivity index (χ2v) is 8.89. The van der Waals surface area contributed by atoms with Gasteiger partial charge < -0.3 is 14.5 Å². The number of hydrogen-bond acceptors (Lipinski definition) is 7. The van der Waals surface area contributed by atoms with Gasteiger partial charge in [-0.3, -0.25) is 14.3 Å². The Morgan fingerprint density at radius 2 is 1.91 bits per heavy atom. The zero-order valence-corrected chi connectivity index (χ0v) is 21.4. The fraction of sp³-hybridized carbons (Fsp3) is 0.167. The molecule has 1 N–H and O–H groups in total. The van der Waals surface area contributed by atoms with Gasteiger partial charge in [0.1, 0.15) is 22.7 Å². The number of H-pyrrole nitrogens is 1. The average molecular weight is 554 g/mol. The molecule has 0 spiro atoms. The maximum absolute atomic E-state index is 12.8. The Morgan fingerprint density at radius 1 is 1.17 bits per heavy atom. The second-order valence-electron chi connectivity index (χ2n) is 7.30. The molecule has 0 fully saturated rings. The van der Waals surface area contributed by atoms with Crippen molar-refractivity contribution in [3.8, 4) is 34.5 Å². The topological polar surface area (TPSA) is 115 Å². The van der Waals surface area contributed by atoms with E-state index in [2.05, 4.69) is 25.9 Å². The number of para-hydroxylation sites is 1. The van der Waals surface area contributed by atoms with Crippen molar-refractivity contribution < 1.29 is 9.47 Å². The Balaban J connectivity index is 1.67. The van der Waals surface area contributed by atoms with Crippen molar-refractivity contribution in [2.45, 2.75) is 11.8 Å². The number of methoxy groups -OCH3 is 1. The highest BCUT2D eigenvalue weighted by molar-refractivity contribution is 9.10. The standard InChI is InChI=1S/C24H20BrN5O4S/c1-29-17(20(25)23(32)30(29)15-7-5-4-6-8-15)13-34-18-10-9-14(11-19(18)33-2)21-16(12-26)22(31)28-24(27-21)35-3/h4-11H,13H2,1-3H3,(H,27,28,31). The van der Waals surface area contributed by atoms with E-state index in [1.54, 1.807) is 40.9 Å². The quantitative estimate of drug-likeness (QED) is 0.273. The van der Waals surface area contributed by atoms with Crippen molar-refractivity contribution in [3.05, 3.63) is 85.0 Å². The van der Waals surface area contributed by atoms with Gasteiger partial charge in [0.05, 0.1) is 24.2 Å². The van der Waals surface area contributed by atoms with E-state index in [1.165, 1.54) is 18.9 Å². The molecule has 2 aromatic heterocycles. The highest BCUT2D eigenvalue weighted by Gasteiger charge is 2.19. The number of rotatable bonds is 7. The molecule has 0 atom stereocenters. The molecule has 0 bridgehead atoms. The predicted molar refractivity (Wildman–Crippen MR) is 136 cm³/mol. The van der Waals surface area contributed by atoms with Crippen LogP contribution in [0, 0.1) is 11.3 Å². The van der Waals surface area contributed by atoms with Crippen LogP contribution in [0.1, 0.15) is 11.3 Å². The van der Waals surface area contributed by atoms with Gasteiger partial charge in [-0.1, -0.05) is 30.0 Å². The lowest BCUT2D eigenvalue weighted by Crippen LogP contribution is -2.19. The Hall–Kier alpha value is -3.75. The molecule has 2 heterocycles. The number of nitriles is 1. The smallest absolute Gasteiger partial charge is 0.286 e. The number of benzene rings is 2. The first-order chi connectivity index (χ1) is 16.9.